The highest BCUT2D eigenvalue weighted by Crippen LogP contribution is 2.12. The van der Waals surface area contributed by atoms with Crippen LogP contribution in [0.3, 0.4) is 0 Å². The lowest BCUT2D eigenvalue weighted by Gasteiger charge is -2.16. The molecule has 138 valence electrons. The predicted molar refractivity (Wildman–Crippen MR) is 93.3 cm³/mol. The van der Waals surface area contributed by atoms with Crippen LogP contribution < -0.4 is 15.4 Å². The minimum Gasteiger partial charge on any atom is -0.497 e. The summed E-state index contributed by atoms with van der Waals surface area (Å²) in [6, 6.07) is 6.46. The number of methoxy groups -OCH3 is 1. The molecule has 2 amide bonds. The molecule has 3 N–H and O–H groups in total. The van der Waals surface area contributed by atoms with Gasteiger partial charge in [0, 0.05) is 6.42 Å². The van der Waals surface area contributed by atoms with Crippen LogP contribution in [0.15, 0.2) is 24.3 Å². The van der Waals surface area contributed by atoms with Crippen LogP contribution in [0.5, 0.6) is 5.75 Å². The van der Waals surface area contributed by atoms with E-state index < -0.39 is 17.9 Å². The summed E-state index contributed by atoms with van der Waals surface area (Å²) in [5.74, 6) is -0.958. The Morgan fingerprint density at radius 2 is 1.76 bits per heavy atom. The number of rotatable bonds is 10. The summed E-state index contributed by atoms with van der Waals surface area (Å²) in [5, 5.41) is 14.0. The molecule has 0 bridgehead atoms. The van der Waals surface area contributed by atoms with Gasteiger partial charge < -0.3 is 20.5 Å². The van der Waals surface area contributed by atoms with E-state index in [9.17, 15) is 14.4 Å². The van der Waals surface area contributed by atoms with E-state index in [1.807, 2.05) is 38.1 Å². The smallest absolute Gasteiger partial charge is 0.326 e. The SMILES string of the molecule is COc1ccc(CCC(=O)NCC(=O)N[C@@H](CC(C)C)C(=O)O)cc1. The average Bonchev–Trinajstić information content (AvgIpc) is 2.57. The summed E-state index contributed by atoms with van der Waals surface area (Å²) in [7, 11) is 1.59. The molecule has 1 aromatic carbocycles. The van der Waals surface area contributed by atoms with Crippen molar-refractivity contribution < 1.29 is 24.2 Å². The zero-order chi connectivity index (χ0) is 18.8. The lowest BCUT2D eigenvalue weighted by molar-refractivity contribution is -0.142. The number of hydrogen-bond donors (Lipinski definition) is 3. The Hall–Kier alpha value is -2.57. The van der Waals surface area contributed by atoms with E-state index in [2.05, 4.69) is 10.6 Å². The second-order valence-electron chi connectivity index (χ2n) is 6.21. The third-order valence-corrected chi connectivity index (χ3v) is 3.59. The maximum Gasteiger partial charge on any atom is 0.326 e. The molecule has 0 spiro atoms. The molecule has 1 rings (SSSR count). The molecule has 0 saturated carbocycles. The number of aryl methyl sites for hydroxylation is 1. The summed E-state index contributed by atoms with van der Waals surface area (Å²) < 4.78 is 5.07. The van der Waals surface area contributed by atoms with Crippen LogP contribution in [0.2, 0.25) is 0 Å². The molecule has 0 aliphatic heterocycles. The Kier molecular flexibility index (Phi) is 8.46. The summed E-state index contributed by atoms with van der Waals surface area (Å²) in [6.45, 7) is 3.52. The molecule has 7 nitrogen and oxygen atoms in total. The molecule has 0 fully saturated rings. The molecule has 0 aliphatic rings. The van der Waals surface area contributed by atoms with Crippen molar-refractivity contribution in [3.63, 3.8) is 0 Å². The minimum atomic E-state index is -1.08. The molecular formula is C18H26N2O5. The summed E-state index contributed by atoms with van der Waals surface area (Å²) >= 11 is 0. The number of nitrogens with one attached hydrogen (secondary N) is 2. The largest absolute Gasteiger partial charge is 0.497 e. The second kappa shape index (κ2) is 10.3. The van der Waals surface area contributed by atoms with Crippen LogP contribution >= 0.6 is 0 Å². The molecule has 0 heterocycles. The highest BCUT2D eigenvalue weighted by Gasteiger charge is 2.21. The molecule has 0 saturated heterocycles. The van der Waals surface area contributed by atoms with Crippen LogP contribution in [0, 0.1) is 5.92 Å². The van der Waals surface area contributed by atoms with Gasteiger partial charge in [-0.3, -0.25) is 9.59 Å². The van der Waals surface area contributed by atoms with Crippen molar-refractivity contribution in [2.24, 2.45) is 5.92 Å². The number of amides is 2. The van der Waals surface area contributed by atoms with E-state index in [0.29, 0.717) is 12.8 Å². The molecule has 0 aromatic heterocycles. The van der Waals surface area contributed by atoms with E-state index in [0.717, 1.165) is 11.3 Å². The number of aliphatic carboxylic acids is 1. The Labute approximate surface area is 147 Å². The van der Waals surface area contributed by atoms with Crippen molar-refractivity contribution in [3.8, 4) is 5.75 Å². The third-order valence-electron chi connectivity index (χ3n) is 3.59. The molecule has 25 heavy (non-hydrogen) atoms. The Bertz CT molecular complexity index is 584. The van der Waals surface area contributed by atoms with Gasteiger partial charge in [0.1, 0.15) is 11.8 Å². The molecule has 1 atom stereocenters. The molecule has 1 aromatic rings. The molecule has 0 aliphatic carbocycles. The lowest BCUT2D eigenvalue weighted by Crippen LogP contribution is -2.46. The van der Waals surface area contributed by atoms with E-state index in [1.165, 1.54) is 0 Å². The van der Waals surface area contributed by atoms with Gasteiger partial charge in [-0.1, -0.05) is 26.0 Å². The van der Waals surface area contributed by atoms with Gasteiger partial charge in [-0.2, -0.15) is 0 Å². The first kappa shape index (κ1) is 20.5. The van der Waals surface area contributed by atoms with E-state index in [4.69, 9.17) is 9.84 Å². The second-order valence-corrected chi connectivity index (χ2v) is 6.21. The Morgan fingerprint density at radius 1 is 1.12 bits per heavy atom. The number of ether oxygens (including phenoxy) is 1. The Balaban J connectivity index is 2.34. The monoisotopic (exact) mass is 350 g/mol. The fraction of sp³-hybridized carbons (Fsp3) is 0.500. The molecule has 7 heteroatoms. The fourth-order valence-electron chi connectivity index (χ4n) is 2.26. The van der Waals surface area contributed by atoms with Gasteiger partial charge in [0.2, 0.25) is 11.8 Å². The normalized spacial score (nSPS) is 11.7. The quantitative estimate of drug-likeness (QED) is 0.591. The first-order valence-electron chi connectivity index (χ1n) is 8.23. The molecular weight excluding hydrogens is 324 g/mol. The third kappa shape index (κ3) is 8.19. The number of carboxylic acids is 1. The fourth-order valence-corrected chi connectivity index (χ4v) is 2.26. The predicted octanol–water partition coefficient (Wildman–Crippen LogP) is 1.36. The van der Waals surface area contributed by atoms with Crippen molar-refractivity contribution in [1.29, 1.82) is 0 Å². The number of carboxylic acid groups (broad SMARTS) is 1. The van der Waals surface area contributed by atoms with Crippen LogP contribution in [0.25, 0.3) is 0 Å². The number of benzene rings is 1. The standard InChI is InChI=1S/C18H26N2O5/c1-12(2)10-15(18(23)24)20-17(22)11-19-16(21)9-6-13-4-7-14(25-3)8-5-13/h4-5,7-8,12,15H,6,9-11H2,1-3H3,(H,19,21)(H,20,22)(H,23,24)/t15-/m0/s1. The topological polar surface area (TPSA) is 105 Å². The van der Waals surface area contributed by atoms with E-state index in [-0.39, 0.29) is 24.8 Å². The van der Waals surface area contributed by atoms with Gasteiger partial charge in [0.25, 0.3) is 0 Å². The van der Waals surface area contributed by atoms with Gasteiger partial charge in [-0.15, -0.1) is 0 Å². The number of carbonyl (C=O) groups excluding carboxylic acids is 2. The van der Waals surface area contributed by atoms with Crippen molar-refractivity contribution in [1.82, 2.24) is 10.6 Å². The summed E-state index contributed by atoms with van der Waals surface area (Å²) in [4.78, 5) is 34.7. The van der Waals surface area contributed by atoms with Gasteiger partial charge in [0.05, 0.1) is 13.7 Å². The lowest BCUT2D eigenvalue weighted by atomic mass is 10.0. The van der Waals surface area contributed by atoms with Crippen molar-refractivity contribution in [2.75, 3.05) is 13.7 Å². The maximum atomic E-state index is 11.8. The van der Waals surface area contributed by atoms with Crippen LogP contribution in [-0.4, -0.2) is 42.6 Å². The number of hydrogen-bond acceptors (Lipinski definition) is 4. The summed E-state index contributed by atoms with van der Waals surface area (Å²) in [5.41, 5.74) is 0.989. The van der Waals surface area contributed by atoms with E-state index in [1.54, 1.807) is 7.11 Å². The van der Waals surface area contributed by atoms with Crippen molar-refractivity contribution in [2.45, 2.75) is 39.2 Å². The highest BCUT2D eigenvalue weighted by molar-refractivity contribution is 5.87. The van der Waals surface area contributed by atoms with Gasteiger partial charge >= 0.3 is 5.97 Å². The molecule has 0 radical (unpaired) electrons. The van der Waals surface area contributed by atoms with Crippen LogP contribution in [-0.2, 0) is 20.8 Å². The maximum absolute atomic E-state index is 11.8. The molecule has 0 unspecified atom stereocenters. The van der Waals surface area contributed by atoms with Crippen LogP contribution in [0.1, 0.15) is 32.3 Å². The average molecular weight is 350 g/mol. The van der Waals surface area contributed by atoms with Crippen LogP contribution in [0.4, 0.5) is 0 Å². The number of carbonyl (C=O) groups is 3. The first-order valence-corrected chi connectivity index (χ1v) is 8.23. The van der Waals surface area contributed by atoms with Crippen molar-refractivity contribution in [3.05, 3.63) is 29.8 Å². The summed E-state index contributed by atoms with van der Waals surface area (Å²) in [6.07, 6.45) is 1.13. The van der Waals surface area contributed by atoms with Gasteiger partial charge in [-0.05, 0) is 36.5 Å². The van der Waals surface area contributed by atoms with E-state index >= 15 is 0 Å². The van der Waals surface area contributed by atoms with Gasteiger partial charge in [-0.25, -0.2) is 4.79 Å². The van der Waals surface area contributed by atoms with Gasteiger partial charge in [0.15, 0.2) is 0 Å². The Morgan fingerprint density at radius 3 is 2.28 bits per heavy atom. The minimum absolute atomic E-state index is 0.139. The first-order chi connectivity index (χ1) is 11.8. The van der Waals surface area contributed by atoms with Crippen molar-refractivity contribution >= 4 is 17.8 Å². The zero-order valence-corrected chi connectivity index (χ0v) is 14.9. The highest BCUT2D eigenvalue weighted by atomic mass is 16.5. The zero-order valence-electron chi connectivity index (χ0n) is 14.9.